The molecule has 2 heterocycles. The lowest BCUT2D eigenvalue weighted by Gasteiger charge is -2.16. The summed E-state index contributed by atoms with van der Waals surface area (Å²) >= 11 is 0. The zero-order chi connectivity index (χ0) is 15.2. The number of fused-ring (bicyclic) bond motifs is 1. The maximum absolute atomic E-state index is 12.3. The Morgan fingerprint density at radius 3 is 2.43 bits per heavy atom. The lowest BCUT2D eigenvalue weighted by molar-refractivity contribution is -0.991. The first kappa shape index (κ1) is 13.6. The van der Waals surface area contributed by atoms with Crippen LogP contribution in [-0.4, -0.2) is 24.5 Å². The van der Waals surface area contributed by atoms with Gasteiger partial charge in [0.1, 0.15) is 0 Å². The van der Waals surface area contributed by atoms with Crippen molar-refractivity contribution in [3.8, 4) is 0 Å². The molecule has 1 atom stereocenters. The largest absolute Gasteiger partial charge is 0.595 e. The number of anilines is 1. The van der Waals surface area contributed by atoms with Gasteiger partial charge >= 0.3 is 0 Å². The van der Waals surface area contributed by atoms with Crippen molar-refractivity contribution in [2.75, 3.05) is 4.31 Å². The zero-order valence-corrected chi connectivity index (χ0v) is 11.2. The number of pyridine rings is 1. The van der Waals surface area contributed by atoms with Gasteiger partial charge < -0.3 is 5.21 Å². The Balaban J connectivity index is 2.10. The molecule has 8 nitrogen and oxygen atoms in total. The van der Waals surface area contributed by atoms with Crippen LogP contribution in [-0.2, 0) is 10.0 Å². The Hall–Kier alpha value is -2.33. The highest BCUT2D eigenvalue weighted by atomic mass is 32.2. The molecule has 1 amide bonds. The minimum atomic E-state index is -4.06. The number of rotatable bonds is 2. The number of benzene rings is 1. The minimum absolute atomic E-state index is 0.000175. The summed E-state index contributed by atoms with van der Waals surface area (Å²) in [6.07, 6.45) is 1.29. The Labute approximate surface area is 119 Å². The molecule has 0 fully saturated rings. The molecule has 21 heavy (non-hydrogen) atoms. The second kappa shape index (κ2) is 4.60. The van der Waals surface area contributed by atoms with E-state index in [1.807, 2.05) is 0 Å². The molecule has 0 saturated carbocycles. The van der Waals surface area contributed by atoms with E-state index in [1.54, 1.807) is 0 Å². The van der Waals surface area contributed by atoms with Crippen LogP contribution in [0.25, 0.3) is 0 Å². The van der Waals surface area contributed by atoms with Crippen molar-refractivity contribution >= 4 is 27.3 Å². The standard InChI is InChI=1S/C12H9N3O5S/c16-12-10-2-1-7-13-11(10)21(19,20)14(12)8-3-5-9(6-4-8)15(17)18/h1-7,15,17H. The Bertz CT molecular complexity index is 817. The first-order valence-electron chi connectivity index (χ1n) is 5.81. The highest BCUT2D eigenvalue weighted by Gasteiger charge is 2.43. The van der Waals surface area contributed by atoms with Crippen molar-refractivity contribution in [2.45, 2.75) is 5.03 Å². The highest BCUT2D eigenvalue weighted by molar-refractivity contribution is 7.94. The quantitative estimate of drug-likeness (QED) is 0.745. The third-order valence-electron chi connectivity index (χ3n) is 3.02. The molecule has 9 heteroatoms. The molecule has 108 valence electrons. The van der Waals surface area contributed by atoms with Gasteiger partial charge in [-0.2, -0.15) is 17.9 Å². The number of quaternary nitrogens is 1. The molecule has 0 spiro atoms. The lowest BCUT2D eigenvalue weighted by atomic mass is 10.2. The van der Waals surface area contributed by atoms with Gasteiger partial charge in [0.05, 0.1) is 11.3 Å². The maximum atomic E-state index is 12.3. The summed E-state index contributed by atoms with van der Waals surface area (Å²) < 4.78 is 25.3. The molecular weight excluding hydrogens is 298 g/mol. The molecule has 0 radical (unpaired) electrons. The van der Waals surface area contributed by atoms with E-state index in [2.05, 4.69) is 4.98 Å². The highest BCUT2D eigenvalue weighted by Crippen LogP contribution is 2.33. The molecule has 2 aromatic rings. The van der Waals surface area contributed by atoms with Crippen LogP contribution in [0.4, 0.5) is 11.4 Å². The van der Waals surface area contributed by atoms with Gasteiger partial charge in [-0.3, -0.25) is 4.79 Å². The average molecular weight is 307 g/mol. The van der Waals surface area contributed by atoms with Gasteiger partial charge in [-0.25, -0.2) is 10.2 Å². The number of sulfonamides is 1. The number of nitrogens with zero attached hydrogens (tertiary/aromatic N) is 2. The number of aromatic nitrogens is 1. The van der Waals surface area contributed by atoms with Crippen molar-refractivity contribution in [3.63, 3.8) is 0 Å². The first-order valence-corrected chi connectivity index (χ1v) is 7.25. The Morgan fingerprint density at radius 2 is 1.86 bits per heavy atom. The Morgan fingerprint density at radius 1 is 1.19 bits per heavy atom. The minimum Gasteiger partial charge on any atom is -0.595 e. The fourth-order valence-electron chi connectivity index (χ4n) is 2.06. The monoisotopic (exact) mass is 307 g/mol. The summed E-state index contributed by atoms with van der Waals surface area (Å²) in [6, 6.07) is 7.86. The summed E-state index contributed by atoms with van der Waals surface area (Å²) in [5.41, 5.74) is 0.0706. The maximum Gasteiger partial charge on any atom is 0.289 e. The number of hydrogen-bond donors (Lipinski definition) is 2. The molecular formula is C12H9N3O5S. The van der Waals surface area contributed by atoms with Crippen LogP contribution in [0.2, 0.25) is 0 Å². The first-order chi connectivity index (χ1) is 9.93. The van der Waals surface area contributed by atoms with Crippen molar-refractivity contribution in [3.05, 3.63) is 53.4 Å². The fourth-order valence-corrected chi connectivity index (χ4v) is 3.58. The van der Waals surface area contributed by atoms with Crippen molar-refractivity contribution in [1.29, 1.82) is 0 Å². The number of nitrogens with one attached hydrogen (secondary N) is 1. The van der Waals surface area contributed by atoms with E-state index in [1.165, 1.54) is 42.6 Å². The molecule has 1 aromatic carbocycles. The van der Waals surface area contributed by atoms with Crippen LogP contribution >= 0.6 is 0 Å². The van der Waals surface area contributed by atoms with Crippen LogP contribution in [0.15, 0.2) is 47.6 Å². The number of hydrogen-bond acceptors (Lipinski definition) is 6. The molecule has 3 rings (SSSR count). The van der Waals surface area contributed by atoms with E-state index >= 15 is 0 Å². The number of amides is 1. The zero-order valence-electron chi connectivity index (χ0n) is 10.4. The SMILES string of the molecule is O=C1c2cccnc2S(=O)(=O)N1c1ccc([NH+]([O-])O)cc1. The predicted molar refractivity (Wildman–Crippen MR) is 70.5 cm³/mol. The molecule has 0 saturated heterocycles. The van der Waals surface area contributed by atoms with E-state index in [9.17, 15) is 18.4 Å². The second-order valence-corrected chi connectivity index (χ2v) is 5.98. The topological polar surface area (TPSA) is 115 Å². The number of carbonyl (C=O) groups excluding carboxylic acids is 1. The van der Waals surface area contributed by atoms with Gasteiger partial charge in [0.25, 0.3) is 15.9 Å². The van der Waals surface area contributed by atoms with Gasteiger partial charge in [0, 0.05) is 18.3 Å². The van der Waals surface area contributed by atoms with Gasteiger partial charge in [0.2, 0.25) is 0 Å². The summed E-state index contributed by atoms with van der Waals surface area (Å²) in [5.74, 6) is -0.707. The van der Waals surface area contributed by atoms with E-state index in [-0.39, 0.29) is 22.0 Å². The van der Waals surface area contributed by atoms with Crippen LogP contribution < -0.4 is 9.53 Å². The molecule has 0 bridgehead atoms. The van der Waals surface area contributed by atoms with Crippen molar-refractivity contribution < 1.29 is 23.6 Å². The van der Waals surface area contributed by atoms with Crippen LogP contribution in [0.1, 0.15) is 10.4 Å². The smallest absolute Gasteiger partial charge is 0.289 e. The van der Waals surface area contributed by atoms with Crippen molar-refractivity contribution in [2.24, 2.45) is 0 Å². The summed E-state index contributed by atoms with van der Waals surface area (Å²) in [7, 11) is -4.06. The molecule has 1 aliphatic heterocycles. The second-order valence-electron chi connectivity index (χ2n) is 4.28. The van der Waals surface area contributed by atoms with Gasteiger partial charge in [-0.1, -0.05) is 0 Å². The van der Waals surface area contributed by atoms with Gasteiger partial charge in [0.15, 0.2) is 10.7 Å². The van der Waals surface area contributed by atoms with Crippen LogP contribution in [0, 0.1) is 5.21 Å². The lowest BCUT2D eigenvalue weighted by Crippen LogP contribution is -2.99. The van der Waals surface area contributed by atoms with Crippen molar-refractivity contribution in [1.82, 2.24) is 4.98 Å². The molecule has 1 unspecified atom stereocenters. The van der Waals surface area contributed by atoms with Crippen LogP contribution in [0.3, 0.4) is 0 Å². The molecule has 1 aromatic heterocycles. The molecule has 2 N–H and O–H groups in total. The summed E-state index contributed by atoms with van der Waals surface area (Å²) in [5, 5.41) is 18.2. The predicted octanol–water partition coefficient (Wildman–Crippen LogP) is -0.166. The average Bonchev–Trinajstić information content (AvgIpc) is 2.67. The van der Waals surface area contributed by atoms with E-state index < -0.39 is 21.2 Å². The molecule has 1 aliphatic rings. The summed E-state index contributed by atoms with van der Waals surface area (Å²) in [4.78, 5) is 16.0. The summed E-state index contributed by atoms with van der Waals surface area (Å²) in [6.45, 7) is 0. The number of carbonyl (C=O) groups is 1. The van der Waals surface area contributed by atoms with E-state index in [0.29, 0.717) is 4.31 Å². The third kappa shape index (κ3) is 1.99. The fraction of sp³-hybridized carbons (Fsp3) is 0. The molecule has 0 aliphatic carbocycles. The van der Waals surface area contributed by atoms with Crippen LogP contribution in [0.5, 0.6) is 0 Å². The van der Waals surface area contributed by atoms with E-state index in [4.69, 9.17) is 5.21 Å². The normalized spacial score (nSPS) is 17.6. The third-order valence-corrected chi connectivity index (χ3v) is 4.69. The Kier molecular flexibility index (Phi) is 2.99. The van der Waals surface area contributed by atoms with Gasteiger partial charge in [-0.05, 0) is 24.3 Å². The van der Waals surface area contributed by atoms with E-state index in [0.717, 1.165) is 0 Å². The van der Waals surface area contributed by atoms with Gasteiger partial charge in [-0.15, -0.1) is 0 Å².